The van der Waals surface area contributed by atoms with Crippen LogP contribution >= 0.6 is 15.9 Å². The fourth-order valence-electron chi connectivity index (χ4n) is 1.34. The molecule has 0 aliphatic carbocycles. The Hall–Kier alpha value is -1.27. The average Bonchev–Trinajstić information content (AvgIpc) is 2.78. The summed E-state index contributed by atoms with van der Waals surface area (Å²) in [6, 6.07) is 1.89. The van der Waals surface area contributed by atoms with E-state index in [4.69, 9.17) is 4.42 Å². The lowest BCUT2D eigenvalue weighted by Crippen LogP contribution is -2.13. The topological polar surface area (TPSA) is 63.8 Å². The molecule has 0 aromatic carbocycles. The molecule has 0 radical (unpaired) electrons. The molecule has 0 unspecified atom stereocenters. The monoisotopic (exact) mass is 296 g/mol. The molecular weight excluding hydrogens is 284 g/mol. The molecule has 0 aliphatic heterocycles. The minimum absolute atomic E-state index is 0.493. The van der Waals surface area contributed by atoms with Gasteiger partial charge < -0.3 is 9.73 Å². The van der Waals surface area contributed by atoms with Crippen LogP contribution in [0.3, 0.4) is 0 Å². The third-order valence-corrected chi connectivity index (χ3v) is 2.56. The van der Waals surface area contributed by atoms with Gasteiger partial charge in [-0.25, -0.2) is 0 Å². The summed E-state index contributed by atoms with van der Waals surface area (Å²) in [6.07, 6.45) is 4.49. The quantitative estimate of drug-likeness (QED) is 0.859. The van der Waals surface area contributed by atoms with Gasteiger partial charge in [0.2, 0.25) is 11.8 Å². The molecule has 90 valence electrons. The Balaban J connectivity index is 2.07. The van der Waals surface area contributed by atoms with Crippen molar-refractivity contribution in [2.24, 2.45) is 0 Å². The molecular formula is C11H13BrN4O. The highest BCUT2D eigenvalue weighted by atomic mass is 79.9. The maximum Gasteiger partial charge on any atom is 0.249 e. The van der Waals surface area contributed by atoms with Gasteiger partial charge in [-0.2, -0.15) is 0 Å². The van der Waals surface area contributed by atoms with E-state index in [1.807, 2.05) is 6.07 Å². The summed E-state index contributed by atoms with van der Waals surface area (Å²) in [5, 5.41) is 11.2. The van der Waals surface area contributed by atoms with Crippen molar-refractivity contribution in [2.75, 3.05) is 6.54 Å². The van der Waals surface area contributed by atoms with Crippen LogP contribution in [-0.4, -0.2) is 21.7 Å². The van der Waals surface area contributed by atoms with Crippen LogP contribution in [0, 0.1) is 0 Å². The molecule has 6 heteroatoms. The van der Waals surface area contributed by atoms with Crippen molar-refractivity contribution in [1.82, 2.24) is 20.5 Å². The zero-order valence-corrected chi connectivity index (χ0v) is 11.1. The van der Waals surface area contributed by atoms with E-state index >= 15 is 0 Å². The fraction of sp³-hybridized carbons (Fsp3) is 0.364. The SMILES string of the molecule is CCCNCc1nnc(-c2cncc(Br)c2)o1. The van der Waals surface area contributed by atoms with Crippen molar-refractivity contribution < 1.29 is 4.42 Å². The number of rotatable bonds is 5. The predicted octanol–water partition coefficient (Wildman–Crippen LogP) is 2.39. The number of hydrogen-bond donors (Lipinski definition) is 1. The highest BCUT2D eigenvalue weighted by Gasteiger charge is 2.08. The Morgan fingerprint density at radius 1 is 1.35 bits per heavy atom. The summed E-state index contributed by atoms with van der Waals surface area (Å²) in [5.74, 6) is 1.08. The summed E-state index contributed by atoms with van der Waals surface area (Å²) in [6.45, 7) is 3.65. The van der Waals surface area contributed by atoms with Gasteiger partial charge in [0.15, 0.2) is 0 Å². The normalized spacial score (nSPS) is 10.7. The van der Waals surface area contributed by atoms with Crippen LogP contribution in [0.25, 0.3) is 11.5 Å². The van der Waals surface area contributed by atoms with Gasteiger partial charge in [-0.3, -0.25) is 4.98 Å². The Morgan fingerprint density at radius 2 is 2.24 bits per heavy atom. The van der Waals surface area contributed by atoms with Crippen LogP contribution in [0.4, 0.5) is 0 Å². The zero-order chi connectivity index (χ0) is 12.1. The smallest absolute Gasteiger partial charge is 0.249 e. The Morgan fingerprint density at radius 3 is 3.00 bits per heavy atom. The van der Waals surface area contributed by atoms with E-state index in [1.165, 1.54) is 0 Å². The molecule has 5 nitrogen and oxygen atoms in total. The van der Waals surface area contributed by atoms with E-state index < -0.39 is 0 Å². The van der Waals surface area contributed by atoms with E-state index in [0.29, 0.717) is 18.3 Å². The van der Waals surface area contributed by atoms with Crippen LogP contribution in [0.5, 0.6) is 0 Å². The molecule has 0 saturated heterocycles. The Labute approximate surface area is 108 Å². The highest BCUT2D eigenvalue weighted by Crippen LogP contribution is 2.20. The number of halogens is 1. The van der Waals surface area contributed by atoms with Crippen LogP contribution < -0.4 is 5.32 Å². The average molecular weight is 297 g/mol. The van der Waals surface area contributed by atoms with Gasteiger partial charge in [-0.1, -0.05) is 6.92 Å². The van der Waals surface area contributed by atoms with Gasteiger partial charge >= 0.3 is 0 Å². The largest absolute Gasteiger partial charge is 0.419 e. The summed E-state index contributed by atoms with van der Waals surface area (Å²) in [5.41, 5.74) is 0.814. The van der Waals surface area contributed by atoms with E-state index in [1.54, 1.807) is 12.4 Å². The molecule has 2 heterocycles. The van der Waals surface area contributed by atoms with Crippen LogP contribution in [0.1, 0.15) is 19.2 Å². The molecule has 0 aliphatic rings. The van der Waals surface area contributed by atoms with E-state index in [2.05, 4.69) is 43.4 Å². The lowest BCUT2D eigenvalue weighted by Gasteiger charge is -1.97. The van der Waals surface area contributed by atoms with Gasteiger partial charge in [-0.05, 0) is 35.0 Å². The number of aromatic nitrogens is 3. The maximum absolute atomic E-state index is 5.53. The van der Waals surface area contributed by atoms with Crippen LogP contribution in [-0.2, 0) is 6.54 Å². The van der Waals surface area contributed by atoms with E-state index in [-0.39, 0.29) is 0 Å². The van der Waals surface area contributed by atoms with Crippen molar-refractivity contribution in [3.8, 4) is 11.5 Å². The van der Waals surface area contributed by atoms with Crippen molar-refractivity contribution in [1.29, 1.82) is 0 Å². The third kappa shape index (κ3) is 3.34. The van der Waals surface area contributed by atoms with Gasteiger partial charge in [0, 0.05) is 16.9 Å². The summed E-state index contributed by atoms with van der Waals surface area (Å²) < 4.78 is 6.41. The van der Waals surface area contributed by atoms with E-state index in [9.17, 15) is 0 Å². The molecule has 0 spiro atoms. The van der Waals surface area contributed by atoms with Gasteiger partial charge in [0.05, 0.1) is 12.1 Å². The standard InChI is InChI=1S/C11H13BrN4O/c1-2-3-13-7-10-15-16-11(17-10)8-4-9(12)6-14-5-8/h4-6,13H,2-3,7H2,1H3. The lowest BCUT2D eigenvalue weighted by molar-refractivity contribution is 0.477. The second kappa shape index (κ2) is 5.88. The van der Waals surface area contributed by atoms with Crippen molar-refractivity contribution >= 4 is 15.9 Å². The molecule has 1 N–H and O–H groups in total. The molecule has 2 rings (SSSR count). The van der Waals surface area contributed by atoms with Crippen LogP contribution in [0.2, 0.25) is 0 Å². The summed E-state index contributed by atoms with van der Waals surface area (Å²) in [4.78, 5) is 4.05. The summed E-state index contributed by atoms with van der Waals surface area (Å²) in [7, 11) is 0. The minimum Gasteiger partial charge on any atom is -0.419 e. The van der Waals surface area contributed by atoms with Gasteiger partial charge in [0.1, 0.15) is 0 Å². The van der Waals surface area contributed by atoms with Gasteiger partial charge in [0.25, 0.3) is 0 Å². The second-order valence-corrected chi connectivity index (χ2v) is 4.49. The number of pyridine rings is 1. The van der Waals surface area contributed by atoms with Crippen molar-refractivity contribution in [3.05, 3.63) is 28.8 Å². The third-order valence-electron chi connectivity index (χ3n) is 2.12. The molecule has 0 fully saturated rings. The Bertz CT molecular complexity index is 486. The first kappa shape index (κ1) is 12.2. The first-order valence-corrected chi connectivity index (χ1v) is 6.23. The molecule has 17 heavy (non-hydrogen) atoms. The summed E-state index contributed by atoms with van der Waals surface area (Å²) >= 11 is 3.35. The highest BCUT2D eigenvalue weighted by molar-refractivity contribution is 9.10. The molecule has 0 amide bonds. The fourth-order valence-corrected chi connectivity index (χ4v) is 1.71. The Kier molecular flexibility index (Phi) is 4.22. The van der Waals surface area contributed by atoms with Crippen LogP contribution in [0.15, 0.2) is 27.3 Å². The number of nitrogens with one attached hydrogen (secondary N) is 1. The zero-order valence-electron chi connectivity index (χ0n) is 9.48. The maximum atomic E-state index is 5.53. The lowest BCUT2D eigenvalue weighted by atomic mass is 10.3. The second-order valence-electron chi connectivity index (χ2n) is 3.57. The van der Waals surface area contributed by atoms with Gasteiger partial charge in [-0.15, -0.1) is 10.2 Å². The first-order valence-electron chi connectivity index (χ1n) is 5.43. The molecule has 0 atom stereocenters. The van der Waals surface area contributed by atoms with Crippen molar-refractivity contribution in [2.45, 2.75) is 19.9 Å². The predicted molar refractivity (Wildman–Crippen MR) is 67.2 cm³/mol. The molecule has 2 aromatic heterocycles. The van der Waals surface area contributed by atoms with E-state index in [0.717, 1.165) is 23.0 Å². The molecule has 0 bridgehead atoms. The molecule has 0 saturated carbocycles. The number of hydrogen-bond acceptors (Lipinski definition) is 5. The number of nitrogens with zero attached hydrogens (tertiary/aromatic N) is 3. The first-order chi connectivity index (χ1) is 8.29. The minimum atomic E-state index is 0.493. The molecule has 2 aromatic rings. The van der Waals surface area contributed by atoms with Crippen molar-refractivity contribution in [3.63, 3.8) is 0 Å².